The van der Waals surface area contributed by atoms with E-state index in [0.717, 1.165) is 43.5 Å². The summed E-state index contributed by atoms with van der Waals surface area (Å²) in [5, 5.41) is 15.0. The molecule has 0 spiro atoms. The van der Waals surface area contributed by atoms with Gasteiger partial charge in [0.25, 0.3) is 0 Å². The molecule has 0 atom stereocenters. The van der Waals surface area contributed by atoms with Crippen molar-refractivity contribution in [2.45, 2.75) is 52.3 Å². The highest BCUT2D eigenvalue weighted by Crippen LogP contribution is 2.14. The van der Waals surface area contributed by atoms with E-state index in [-0.39, 0.29) is 5.60 Å². The SMILES string of the molecule is CCNC(=NCc1nnc2n1CCC2)NCC(C)(C)OC. The highest BCUT2D eigenvalue weighted by atomic mass is 16.5. The van der Waals surface area contributed by atoms with Gasteiger partial charge < -0.3 is 19.9 Å². The number of aromatic nitrogens is 3. The van der Waals surface area contributed by atoms with Gasteiger partial charge in [-0.1, -0.05) is 0 Å². The molecule has 0 aliphatic carbocycles. The lowest BCUT2D eigenvalue weighted by Gasteiger charge is -2.24. The molecule has 2 N–H and O–H groups in total. The molecule has 0 saturated carbocycles. The van der Waals surface area contributed by atoms with Gasteiger partial charge in [-0.2, -0.15) is 0 Å². The largest absolute Gasteiger partial charge is 0.377 e. The summed E-state index contributed by atoms with van der Waals surface area (Å²) in [5.41, 5.74) is -0.230. The zero-order valence-electron chi connectivity index (χ0n) is 13.4. The molecule has 7 heteroatoms. The van der Waals surface area contributed by atoms with Crippen LogP contribution in [0.3, 0.4) is 0 Å². The standard InChI is InChI=1S/C14H26N6O/c1-5-15-13(17-10-14(2,3)21-4)16-9-12-19-18-11-7-6-8-20(11)12/h5-10H2,1-4H3,(H2,15,16,17). The molecule has 0 fully saturated rings. The van der Waals surface area contributed by atoms with Crippen molar-refractivity contribution in [2.75, 3.05) is 20.2 Å². The summed E-state index contributed by atoms with van der Waals surface area (Å²) in [6.45, 7) is 9.17. The topological polar surface area (TPSA) is 76.4 Å². The molecule has 2 heterocycles. The summed E-state index contributed by atoms with van der Waals surface area (Å²) in [7, 11) is 1.71. The Bertz CT molecular complexity index is 494. The molecule has 0 saturated heterocycles. The minimum Gasteiger partial charge on any atom is -0.377 e. The van der Waals surface area contributed by atoms with Crippen molar-refractivity contribution in [3.05, 3.63) is 11.6 Å². The van der Waals surface area contributed by atoms with E-state index in [9.17, 15) is 0 Å². The number of nitrogens with zero attached hydrogens (tertiary/aromatic N) is 4. The molecule has 0 bridgehead atoms. The summed E-state index contributed by atoms with van der Waals surface area (Å²) < 4.78 is 7.58. The summed E-state index contributed by atoms with van der Waals surface area (Å²) in [6.07, 6.45) is 2.18. The predicted octanol–water partition coefficient (Wildman–Crippen LogP) is 0.704. The Balaban J connectivity index is 1.97. The first-order valence-corrected chi connectivity index (χ1v) is 7.54. The van der Waals surface area contributed by atoms with Gasteiger partial charge in [-0.25, -0.2) is 4.99 Å². The van der Waals surface area contributed by atoms with Crippen LogP contribution in [0.25, 0.3) is 0 Å². The summed E-state index contributed by atoms with van der Waals surface area (Å²) >= 11 is 0. The van der Waals surface area contributed by atoms with Crippen molar-refractivity contribution >= 4 is 5.96 Å². The summed E-state index contributed by atoms with van der Waals surface area (Å²) in [5.74, 6) is 2.79. The Morgan fingerprint density at radius 1 is 1.38 bits per heavy atom. The molecule has 1 aliphatic rings. The molecular weight excluding hydrogens is 268 g/mol. The molecule has 2 rings (SSSR count). The number of nitrogens with one attached hydrogen (secondary N) is 2. The van der Waals surface area contributed by atoms with Crippen molar-refractivity contribution in [1.82, 2.24) is 25.4 Å². The lowest BCUT2D eigenvalue weighted by atomic mass is 10.1. The maximum Gasteiger partial charge on any atom is 0.191 e. The van der Waals surface area contributed by atoms with Crippen LogP contribution < -0.4 is 10.6 Å². The van der Waals surface area contributed by atoms with Gasteiger partial charge in [-0.05, 0) is 27.2 Å². The zero-order chi connectivity index (χ0) is 15.3. The maximum absolute atomic E-state index is 5.41. The van der Waals surface area contributed by atoms with Crippen LogP contribution in [-0.2, 0) is 24.2 Å². The predicted molar refractivity (Wildman–Crippen MR) is 82.2 cm³/mol. The Kier molecular flexibility index (Phi) is 5.17. The van der Waals surface area contributed by atoms with Crippen molar-refractivity contribution < 1.29 is 4.74 Å². The molecule has 7 nitrogen and oxygen atoms in total. The Morgan fingerprint density at radius 2 is 2.19 bits per heavy atom. The van der Waals surface area contributed by atoms with Crippen LogP contribution in [0.4, 0.5) is 0 Å². The van der Waals surface area contributed by atoms with Crippen molar-refractivity contribution in [3.8, 4) is 0 Å². The number of methoxy groups -OCH3 is 1. The van der Waals surface area contributed by atoms with E-state index >= 15 is 0 Å². The smallest absolute Gasteiger partial charge is 0.191 e. The fourth-order valence-corrected chi connectivity index (χ4v) is 2.19. The molecule has 0 amide bonds. The summed E-state index contributed by atoms with van der Waals surface area (Å²) in [6, 6.07) is 0. The molecule has 118 valence electrons. The van der Waals surface area contributed by atoms with Crippen LogP contribution in [-0.4, -0.2) is 46.5 Å². The van der Waals surface area contributed by atoms with E-state index < -0.39 is 0 Å². The fraction of sp³-hybridized carbons (Fsp3) is 0.786. The molecule has 1 aromatic rings. The Morgan fingerprint density at radius 3 is 2.90 bits per heavy atom. The molecular formula is C14H26N6O. The quantitative estimate of drug-likeness (QED) is 0.597. The molecule has 0 radical (unpaired) electrons. The van der Waals surface area contributed by atoms with Gasteiger partial charge in [0.1, 0.15) is 12.4 Å². The highest BCUT2D eigenvalue weighted by molar-refractivity contribution is 5.79. The van der Waals surface area contributed by atoms with Gasteiger partial charge >= 0.3 is 0 Å². The van der Waals surface area contributed by atoms with Gasteiger partial charge in [-0.15, -0.1) is 10.2 Å². The van der Waals surface area contributed by atoms with E-state index in [1.807, 2.05) is 20.8 Å². The average Bonchev–Trinajstić information content (AvgIpc) is 3.06. The molecule has 21 heavy (non-hydrogen) atoms. The number of aryl methyl sites for hydroxylation is 1. The maximum atomic E-state index is 5.41. The second kappa shape index (κ2) is 6.89. The Labute approximate surface area is 126 Å². The number of fused-ring (bicyclic) bond motifs is 1. The van der Waals surface area contributed by atoms with E-state index in [2.05, 4.69) is 30.4 Å². The number of aliphatic imine (C=N–C) groups is 1. The van der Waals surface area contributed by atoms with Gasteiger partial charge in [0.15, 0.2) is 11.8 Å². The normalized spacial score (nSPS) is 15.1. The second-order valence-corrected chi connectivity index (χ2v) is 5.80. The highest BCUT2D eigenvalue weighted by Gasteiger charge is 2.18. The van der Waals surface area contributed by atoms with E-state index in [1.165, 1.54) is 0 Å². The van der Waals surface area contributed by atoms with Crippen LogP contribution in [0.2, 0.25) is 0 Å². The second-order valence-electron chi connectivity index (χ2n) is 5.80. The van der Waals surface area contributed by atoms with Gasteiger partial charge in [-0.3, -0.25) is 0 Å². The first-order valence-electron chi connectivity index (χ1n) is 7.54. The number of hydrogen-bond donors (Lipinski definition) is 2. The number of ether oxygens (including phenoxy) is 1. The monoisotopic (exact) mass is 294 g/mol. The third kappa shape index (κ3) is 4.17. The first kappa shape index (κ1) is 15.8. The number of guanidine groups is 1. The Hall–Kier alpha value is -1.63. The lowest BCUT2D eigenvalue weighted by Crippen LogP contribution is -2.45. The number of hydrogen-bond acceptors (Lipinski definition) is 4. The first-order chi connectivity index (χ1) is 10.1. The van der Waals surface area contributed by atoms with E-state index in [1.54, 1.807) is 7.11 Å². The minimum atomic E-state index is -0.230. The third-order valence-corrected chi connectivity index (χ3v) is 3.64. The zero-order valence-corrected chi connectivity index (χ0v) is 13.4. The van der Waals surface area contributed by atoms with Gasteiger partial charge in [0, 0.05) is 33.2 Å². The molecule has 0 unspecified atom stereocenters. The molecule has 1 aromatic heterocycles. The van der Waals surface area contributed by atoms with Crippen LogP contribution >= 0.6 is 0 Å². The van der Waals surface area contributed by atoms with E-state index in [0.29, 0.717) is 13.1 Å². The van der Waals surface area contributed by atoms with Gasteiger partial charge in [0.2, 0.25) is 0 Å². The molecule has 0 aromatic carbocycles. The van der Waals surface area contributed by atoms with Crippen molar-refractivity contribution in [1.29, 1.82) is 0 Å². The van der Waals surface area contributed by atoms with Crippen LogP contribution in [0.15, 0.2) is 4.99 Å². The third-order valence-electron chi connectivity index (χ3n) is 3.64. The molecule has 1 aliphatic heterocycles. The summed E-state index contributed by atoms with van der Waals surface area (Å²) in [4.78, 5) is 4.59. The van der Waals surface area contributed by atoms with Crippen LogP contribution in [0.1, 0.15) is 38.8 Å². The van der Waals surface area contributed by atoms with Gasteiger partial charge in [0.05, 0.1) is 5.60 Å². The van der Waals surface area contributed by atoms with Crippen molar-refractivity contribution in [2.24, 2.45) is 4.99 Å². The average molecular weight is 294 g/mol. The van der Waals surface area contributed by atoms with Crippen LogP contribution in [0.5, 0.6) is 0 Å². The fourth-order valence-electron chi connectivity index (χ4n) is 2.19. The number of rotatable bonds is 6. The lowest BCUT2D eigenvalue weighted by molar-refractivity contribution is 0.0268. The van der Waals surface area contributed by atoms with Crippen molar-refractivity contribution in [3.63, 3.8) is 0 Å². The van der Waals surface area contributed by atoms with Crippen LogP contribution in [0, 0.1) is 0 Å². The minimum absolute atomic E-state index is 0.230. The van der Waals surface area contributed by atoms with E-state index in [4.69, 9.17) is 4.74 Å².